The highest BCUT2D eigenvalue weighted by Gasteiger charge is 2.29. The lowest BCUT2D eigenvalue weighted by Gasteiger charge is -2.15. The van der Waals surface area contributed by atoms with Crippen molar-refractivity contribution >= 4 is 17.4 Å². The average Bonchev–Trinajstić information content (AvgIpc) is 2.84. The van der Waals surface area contributed by atoms with E-state index in [0.29, 0.717) is 24.4 Å². The zero-order valence-corrected chi connectivity index (χ0v) is 10.2. The molecule has 0 spiro atoms. The Hall–Kier alpha value is -1.01. The molecule has 1 aromatic heterocycles. The van der Waals surface area contributed by atoms with Gasteiger partial charge in [-0.2, -0.15) is 0 Å². The lowest BCUT2D eigenvalue weighted by atomic mass is 10.1. The van der Waals surface area contributed by atoms with Crippen LogP contribution in [0.25, 0.3) is 0 Å². The van der Waals surface area contributed by atoms with Gasteiger partial charge in [0.2, 0.25) is 0 Å². The van der Waals surface area contributed by atoms with Crippen LogP contribution in [0.4, 0.5) is 0 Å². The number of aromatic nitrogens is 2. The van der Waals surface area contributed by atoms with Crippen LogP contribution >= 0.6 is 11.5 Å². The Morgan fingerprint density at radius 1 is 1.62 bits per heavy atom. The van der Waals surface area contributed by atoms with E-state index in [9.17, 15) is 9.90 Å². The largest absolute Gasteiger partial charge is 0.391 e. The third-order valence-corrected chi connectivity index (χ3v) is 3.43. The lowest BCUT2D eigenvalue weighted by Crippen LogP contribution is -2.29. The molecule has 5 nitrogen and oxygen atoms in total. The predicted octanol–water partition coefficient (Wildman–Crippen LogP) is 0.868. The standard InChI is InChI=1S/C10H15N3O2S/c1-6(2)8-9(16-12-11-8)10(15)13-4-3-7(14)5-13/h6-7,14H,3-5H2,1-2H3. The molecule has 1 atom stereocenters. The van der Waals surface area contributed by atoms with E-state index in [1.807, 2.05) is 13.8 Å². The number of rotatable bonds is 2. The molecule has 0 bridgehead atoms. The maximum Gasteiger partial charge on any atom is 0.267 e. The smallest absolute Gasteiger partial charge is 0.267 e. The minimum atomic E-state index is -0.382. The molecule has 1 saturated heterocycles. The molecule has 1 aliphatic heterocycles. The minimum absolute atomic E-state index is 0.0461. The summed E-state index contributed by atoms with van der Waals surface area (Å²) in [5, 5.41) is 13.4. The second-order valence-electron chi connectivity index (χ2n) is 4.34. The zero-order valence-electron chi connectivity index (χ0n) is 9.38. The number of carbonyl (C=O) groups is 1. The first-order chi connectivity index (χ1) is 7.59. The average molecular weight is 241 g/mol. The van der Waals surface area contributed by atoms with Crippen LogP contribution in [0.3, 0.4) is 0 Å². The quantitative estimate of drug-likeness (QED) is 0.834. The number of likely N-dealkylation sites (tertiary alicyclic amines) is 1. The van der Waals surface area contributed by atoms with Gasteiger partial charge < -0.3 is 10.0 Å². The van der Waals surface area contributed by atoms with Gasteiger partial charge in [0, 0.05) is 13.1 Å². The molecule has 1 unspecified atom stereocenters. The first kappa shape index (κ1) is 11.5. The monoisotopic (exact) mass is 241 g/mol. The summed E-state index contributed by atoms with van der Waals surface area (Å²) in [7, 11) is 0. The molecule has 1 N–H and O–H groups in total. The number of aliphatic hydroxyl groups is 1. The Morgan fingerprint density at radius 2 is 2.38 bits per heavy atom. The zero-order chi connectivity index (χ0) is 11.7. The number of amides is 1. The second-order valence-corrected chi connectivity index (χ2v) is 5.09. The fourth-order valence-corrected chi connectivity index (χ4v) is 2.58. The van der Waals surface area contributed by atoms with E-state index in [-0.39, 0.29) is 17.9 Å². The van der Waals surface area contributed by atoms with Gasteiger partial charge in [-0.05, 0) is 23.9 Å². The van der Waals surface area contributed by atoms with E-state index in [0.717, 1.165) is 17.2 Å². The molecule has 1 aromatic rings. The van der Waals surface area contributed by atoms with Gasteiger partial charge in [-0.1, -0.05) is 18.3 Å². The van der Waals surface area contributed by atoms with E-state index in [4.69, 9.17) is 0 Å². The van der Waals surface area contributed by atoms with Crippen LogP contribution in [0.1, 0.15) is 41.6 Å². The van der Waals surface area contributed by atoms with Gasteiger partial charge in [-0.25, -0.2) is 0 Å². The molecule has 0 aromatic carbocycles. The molecule has 88 valence electrons. The van der Waals surface area contributed by atoms with Crippen molar-refractivity contribution in [3.8, 4) is 0 Å². The fraction of sp³-hybridized carbons (Fsp3) is 0.700. The van der Waals surface area contributed by atoms with Crippen LogP contribution in [0.15, 0.2) is 0 Å². The number of nitrogens with zero attached hydrogens (tertiary/aromatic N) is 3. The Labute approximate surface area is 98.2 Å². The molecule has 0 aliphatic carbocycles. The van der Waals surface area contributed by atoms with Gasteiger partial charge in [-0.3, -0.25) is 4.79 Å². The number of hydrogen-bond acceptors (Lipinski definition) is 5. The fourth-order valence-electron chi connectivity index (χ4n) is 1.79. The van der Waals surface area contributed by atoms with Gasteiger partial charge in [0.05, 0.1) is 11.8 Å². The van der Waals surface area contributed by atoms with Crippen molar-refractivity contribution in [3.05, 3.63) is 10.6 Å². The number of aliphatic hydroxyl groups excluding tert-OH is 1. The van der Waals surface area contributed by atoms with Crippen LogP contribution in [0.2, 0.25) is 0 Å². The van der Waals surface area contributed by atoms with E-state index in [1.165, 1.54) is 0 Å². The molecule has 0 radical (unpaired) electrons. The summed E-state index contributed by atoms with van der Waals surface area (Å²) < 4.78 is 3.84. The Morgan fingerprint density at radius 3 is 2.94 bits per heavy atom. The third-order valence-electron chi connectivity index (χ3n) is 2.71. The minimum Gasteiger partial charge on any atom is -0.391 e. The van der Waals surface area contributed by atoms with Crippen molar-refractivity contribution < 1.29 is 9.90 Å². The van der Waals surface area contributed by atoms with Crippen LogP contribution in [0.5, 0.6) is 0 Å². The normalized spacial score (nSPS) is 20.8. The topological polar surface area (TPSA) is 66.3 Å². The maximum atomic E-state index is 12.1. The number of hydrogen-bond donors (Lipinski definition) is 1. The summed E-state index contributed by atoms with van der Waals surface area (Å²) in [6.45, 7) is 5.03. The highest BCUT2D eigenvalue weighted by Crippen LogP contribution is 2.23. The SMILES string of the molecule is CC(C)c1nnsc1C(=O)N1CCC(O)C1. The Bertz CT molecular complexity index is 391. The molecule has 1 aliphatic rings. The summed E-state index contributed by atoms with van der Waals surface area (Å²) in [5.41, 5.74) is 0.761. The first-order valence-corrected chi connectivity index (χ1v) is 6.16. The summed E-state index contributed by atoms with van der Waals surface area (Å²) in [6, 6.07) is 0. The van der Waals surface area contributed by atoms with Gasteiger partial charge in [0.1, 0.15) is 4.88 Å². The third kappa shape index (κ3) is 2.08. The summed E-state index contributed by atoms with van der Waals surface area (Å²) in [6.07, 6.45) is 0.280. The number of carbonyl (C=O) groups excluding carboxylic acids is 1. The van der Waals surface area contributed by atoms with Crippen molar-refractivity contribution in [2.45, 2.75) is 32.3 Å². The molecule has 1 fully saturated rings. The van der Waals surface area contributed by atoms with Crippen molar-refractivity contribution in [1.82, 2.24) is 14.5 Å². The van der Waals surface area contributed by atoms with Crippen molar-refractivity contribution in [1.29, 1.82) is 0 Å². The highest BCUT2D eigenvalue weighted by molar-refractivity contribution is 7.08. The van der Waals surface area contributed by atoms with Crippen molar-refractivity contribution in [3.63, 3.8) is 0 Å². The summed E-state index contributed by atoms with van der Waals surface area (Å²) in [4.78, 5) is 14.4. The van der Waals surface area contributed by atoms with Gasteiger partial charge in [-0.15, -0.1) is 5.10 Å². The first-order valence-electron chi connectivity index (χ1n) is 5.39. The maximum absolute atomic E-state index is 12.1. The predicted molar refractivity (Wildman–Crippen MR) is 60.5 cm³/mol. The van der Waals surface area contributed by atoms with Gasteiger partial charge in [0.15, 0.2) is 0 Å². The van der Waals surface area contributed by atoms with Gasteiger partial charge in [0.25, 0.3) is 5.91 Å². The van der Waals surface area contributed by atoms with E-state index in [1.54, 1.807) is 4.90 Å². The van der Waals surface area contributed by atoms with Crippen LogP contribution < -0.4 is 0 Å². The van der Waals surface area contributed by atoms with Crippen LogP contribution in [0, 0.1) is 0 Å². The summed E-state index contributed by atoms with van der Waals surface area (Å²) in [5.74, 6) is 0.153. The molecular weight excluding hydrogens is 226 g/mol. The van der Waals surface area contributed by atoms with E-state index in [2.05, 4.69) is 9.59 Å². The highest BCUT2D eigenvalue weighted by atomic mass is 32.1. The van der Waals surface area contributed by atoms with Gasteiger partial charge >= 0.3 is 0 Å². The summed E-state index contributed by atoms with van der Waals surface area (Å²) >= 11 is 1.14. The molecule has 1 amide bonds. The van der Waals surface area contributed by atoms with Crippen LogP contribution in [-0.4, -0.2) is 44.7 Å². The number of β-amino-alcohol motifs (C(OH)–C–C–N with tert-alkyl or cyclic N) is 1. The molecule has 6 heteroatoms. The molecule has 0 saturated carbocycles. The van der Waals surface area contributed by atoms with Crippen LogP contribution in [-0.2, 0) is 0 Å². The lowest BCUT2D eigenvalue weighted by molar-refractivity contribution is 0.0768. The Kier molecular flexibility index (Phi) is 3.20. The molecule has 2 rings (SSSR count). The Balaban J connectivity index is 2.17. The van der Waals surface area contributed by atoms with E-state index >= 15 is 0 Å². The van der Waals surface area contributed by atoms with E-state index < -0.39 is 0 Å². The molecule has 16 heavy (non-hydrogen) atoms. The molecule has 2 heterocycles. The second kappa shape index (κ2) is 4.47. The van der Waals surface area contributed by atoms with Crippen molar-refractivity contribution in [2.24, 2.45) is 0 Å². The molecular formula is C10H15N3O2S. The van der Waals surface area contributed by atoms with Crippen molar-refractivity contribution in [2.75, 3.05) is 13.1 Å².